The second-order valence-electron chi connectivity index (χ2n) is 3.72. The Morgan fingerprint density at radius 1 is 1.21 bits per heavy atom. The summed E-state index contributed by atoms with van der Waals surface area (Å²) in [6.07, 6.45) is -1.09. The highest BCUT2D eigenvalue weighted by molar-refractivity contribution is 5.94. The molecule has 0 saturated carbocycles. The van der Waals surface area contributed by atoms with Crippen molar-refractivity contribution in [3.05, 3.63) is 48.0 Å². The highest BCUT2D eigenvalue weighted by atomic mass is 19.4. The van der Waals surface area contributed by atoms with Gasteiger partial charge in [-0.25, -0.2) is 0 Å². The highest BCUT2D eigenvalue weighted by Gasteiger charge is 2.36. The van der Waals surface area contributed by atoms with Crippen LogP contribution in [-0.2, 0) is 6.18 Å². The van der Waals surface area contributed by atoms with Crippen molar-refractivity contribution in [3.63, 3.8) is 0 Å². The number of amides is 1. The molecule has 0 aliphatic heterocycles. The van der Waals surface area contributed by atoms with Gasteiger partial charge in [0.05, 0.1) is 5.56 Å². The third-order valence-corrected chi connectivity index (χ3v) is 2.43. The van der Waals surface area contributed by atoms with Gasteiger partial charge in [0.2, 0.25) is 5.91 Å². The summed E-state index contributed by atoms with van der Waals surface area (Å²) in [5.41, 5.74) is 3.96. The number of nitrogens with two attached hydrogens (primary N) is 1. The number of aromatic nitrogens is 2. The lowest BCUT2D eigenvalue weighted by Gasteiger charge is -2.12. The molecule has 2 heterocycles. The normalized spacial score (nSPS) is 11.3. The van der Waals surface area contributed by atoms with E-state index in [0.29, 0.717) is 0 Å². The third kappa shape index (κ3) is 2.70. The van der Waals surface area contributed by atoms with Gasteiger partial charge in [0.1, 0.15) is 0 Å². The Labute approximate surface area is 106 Å². The highest BCUT2D eigenvalue weighted by Crippen LogP contribution is 2.35. The van der Waals surface area contributed by atoms with E-state index < -0.39 is 17.8 Å². The van der Waals surface area contributed by atoms with E-state index >= 15 is 0 Å². The van der Waals surface area contributed by atoms with Crippen LogP contribution in [0.15, 0.2) is 36.8 Å². The molecule has 0 atom stereocenters. The van der Waals surface area contributed by atoms with Crippen molar-refractivity contribution < 1.29 is 18.0 Å². The van der Waals surface area contributed by atoms with Gasteiger partial charge in [0.25, 0.3) is 0 Å². The second-order valence-corrected chi connectivity index (χ2v) is 3.72. The number of hydrogen-bond acceptors (Lipinski definition) is 3. The Balaban J connectivity index is 2.67. The third-order valence-electron chi connectivity index (χ3n) is 2.43. The molecule has 0 aliphatic carbocycles. The molecule has 1 amide bonds. The van der Waals surface area contributed by atoms with Crippen LogP contribution in [-0.4, -0.2) is 15.9 Å². The molecule has 2 aromatic rings. The van der Waals surface area contributed by atoms with Gasteiger partial charge in [-0.3, -0.25) is 14.8 Å². The Kier molecular flexibility index (Phi) is 3.20. The molecule has 0 spiro atoms. The average Bonchev–Trinajstić information content (AvgIpc) is 2.38. The average molecular weight is 267 g/mol. The molecular formula is C12H8F3N3O. The zero-order valence-corrected chi connectivity index (χ0v) is 9.48. The fourth-order valence-corrected chi connectivity index (χ4v) is 1.58. The van der Waals surface area contributed by atoms with E-state index in [1.165, 1.54) is 24.5 Å². The van der Waals surface area contributed by atoms with E-state index in [9.17, 15) is 18.0 Å². The minimum absolute atomic E-state index is 0.0835. The van der Waals surface area contributed by atoms with Crippen molar-refractivity contribution in [2.75, 3.05) is 0 Å². The minimum Gasteiger partial charge on any atom is -0.366 e. The molecule has 2 aromatic heterocycles. The Bertz CT molecular complexity index is 611. The maximum atomic E-state index is 12.9. The van der Waals surface area contributed by atoms with Crippen molar-refractivity contribution in [2.24, 2.45) is 5.73 Å². The van der Waals surface area contributed by atoms with Gasteiger partial charge in [-0.05, 0) is 23.8 Å². The molecule has 0 aliphatic rings. The summed E-state index contributed by atoms with van der Waals surface area (Å²) in [7, 11) is 0. The van der Waals surface area contributed by atoms with E-state index in [1.54, 1.807) is 0 Å². The Hall–Kier alpha value is -2.44. The smallest absolute Gasteiger partial charge is 0.366 e. The summed E-state index contributed by atoms with van der Waals surface area (Å²) in [6.45, 7) is 0. The van der Waals surface area contributed by atoms with Gasteiger partial charge < -0.3 is 5.73 Å². The zero-order valence-electron chi connectivity index (χ0n) is 9.48. The van der Waals surface area contributed by atoms with Crippen LogP contribution in [0.5, 0.6) is 0 Å². The van der Waals surface area contributed by atoms with Gasteiger partial charge in [-0.1, -0.05) is 0 Å². The first kappa shape index (κ1) is 13.0. The first-order valence-corrected chi connectivity index (χ1v) is 5.17. The predicted octanol–water partition coefficient (Wildman–Crippen LogP) is 2.26. The van der Waals surface area contributed by atoms with Crippen molar-refractivity contribution in [1.82, 2.24) is 9.97 Å². The zero-order chi connectivity index (χ0) is 14.0. The molecular weight excluding hydrogens is 259 g/mol. The first-order valence-electron chi connectivity index (χ1n) is 5.17. The number of nitrogens with zero attached hydrogens (tertiary/aromatic N) is 2. The summed E-state index contributed by atoms with van der Waals surface area (Å²) in [5, 5.41) is 0. The molecule has 0 aromatic carbocycles. The van der Waals surface area contributed by atoms with Gasteiger partial charge in [-0.15, -0.1) is 0 Å². The number of carbonyl (C=O) groups is 1. The van der Waals surface area contributed by atoms with Gasteiger partial charge in [0, 0.05) is 24.2 Å². The maximum Gasteiger partial charge on any atom is 0.433 e. The Morgan fingerprint density at radius 3 is 2.37 bits per heavy atom. The van der Waals surface area contributed by atoms with Crippen LogP contribution < -0.4 is 5.73 Å². The van der Waals surface area contributed by atoms with Gasteiger partial charge >= 0.3 is 6.18 Å². The van der Waals surface area contributed by atoms with E-state index in [0.717, 1.165) is 12.3 Å². The monoisotopic (exact) mass is 267 g/mol. The molecule has 0 unspecified atom stereocenters. The molecule has 0 fully saturated rings. The standard InChI is InChI=1S/C12H8F3N3O/c13-12(14,15)10-9(7-1-3-17-4-2-7)5-8(6-18-10)11(16)19/h1-6H,(H2,16,19). The summed E-state index contributed by atoms with van der Waals surface area (Å²) in [4.78, 5) is 18.1. The molecule has 0 radical (unpaired) electrons. The summed E-state index contributed by atoms with van der Waals surface area (Å²) in [6, 6.07) is 3.88. The van der Waals surface area contributed by atoms with E-state index in [2.05, 4.69) is 9.97 Å². The van der Waals surface area contributed by atoms with Crippen LogP contribution in [0.4, 0.5) is 13.2 Å². The van der Waals surface area contributed by atoms with Crippen LogP contribution in [0, 0.1) is 0 Å². The first-order chi connectivity index (χ1) is 8.89. The molecule has 2 rings (SSSR count). The van der Waals surface area contributed by atoms with E-state index in [-0.39, 0.29) is 16.7 Å². The van der Waals surface area contributed by atoms with Crippen molar-refractivity contribution in [1.29, 1.82) is 0 Å². The molecule has 0 bridgehead atoms. The fourth-order valence-electron chi connectivity index (χ4n) is 1.58. The van der Waals surface area contributed by atoms with E-state index in [1.807, 2.05) is 0 Å². The maximum absolute atomic E-state index is 12.9. The lowest BCUT2D eigenvalue weighted by atomic mass is 10.0. The Morgan fingerprint density at radius 2 is 1.84 bits per heavy atom. The number of alkyl halides is 3. The molecule has 19 heavy (non-hydrogen) atoms. The topological polar surface area (TPSA) is 68.9 Å². The van der Waals surface area contributed by atoms with Crippen molar-refractivity contribution in [2.45, 2.75) is 6.18 Å². The van der Waals surface area contributed by atoms with Gasteiger partial charge in [0.15, 0.2) is 5.69 Å². The number of halogens is 3. The second kappa shape index (κ2) is 4.68. The minimum atomic E-state index is -4.62. The lowest BCUT2D eigenvalue weighted by molar-refractivity contribution is -0.140. The number of hydrogen-bond donors (Lipinski definition) is 1. The fraction of sp³-hybridized carbons (Fsp3) is 0.0833. The SMILES string of the molecule is NC(=O)c1cnc(C(F)(F)F)c(-c2ccncc2)c1. The van der Waals surface area contributed by atoms with Gasteiger partial charge in [-0.2, -0.15) is 13.2 Å². The largest absolute Gasteiger partial charge is 0.433 e. The van der Waals surface area contributed by atoms with Crippen LogP contribution >= 0.6 is 0 Å². The van der Waals surface area contributed by atoms with Crippen LogP contribution in [0.3, 0.4) is 0 Å². The molecule has 0 saturated heterocycles. The summed E-state index contributed by atoms with van der Waals surface area (Å²) >= 11 is 0. The van der Waals surface area contributed by atoms with Crippen LogP contribution in [0.25, 0.3) is 11.1 Å². The summed E-state index contributed by atoms with van der Waals surface area (Å²) in [5.74, 6) is -0.837. The van der Waals surface area contributed by atoms with E-state index in [4.69, 9.17) is 5.73 Å². The number of pyridine rings is 2. The molecule has 4 nitrogen and oxygen atoms in total. The number of carbonyl (C=O) groups excluding carboxylic acids is 1. The molecule has 2 N–H and O–H groups in total. The predicted molar refractivity (Wildman–Crippen MR) is 61.0 cm³/mol. The molecule has 7 heteroatoms. The van der Waals surface area contributed by atoms with Crippen molar-refractivity contribution in [3.8, 4) is 11.1 Å². The quantitative estimate of drug-likeness (QED) is 0.907. The van der Waals surface area contributed by atoms with Crippen LogP contribution in [0.2, 0.25) is 0 Å². The van der Waals surface area contributed by atoms with Crippen LogP contribution in [0.1, 0.15) is 16.1 Å². The van der Waals surface area contributed by atoms with Crippen molar-refractivity contribution >= 4 is 5.91 Å². The number of rotatable bonds is 2. The molecule has 98 valence electrons. The summed E-state index contributed by atoms with van der Waals surface area (Å²) < 4.78 is 38.6. The number of primary amides is 1. The lowest BCUT2D eigenvalue weighted by Crippen LogP contribution is -2.15.